The number of carbonyl (C=O) groups is 2. The molecule has 0 saturated carbocycles. The lowest BCUT2D eigenvalue weighted by Gasteiger charge is -2.46. The molecule has 3 fully saturated rings. The van der Waals surface area contributed by atoms with Crippen LogP contribution in [-0.4, -0.2) is 81.5 Å². The average Bonchev–Trinajstić information content (AvgIpc) is 3.24. The van der Waals surface area contributed by atoms with Crippen molar-refractivity contribution < 1.29 is 19.8 Å². The molecule has 0 aromatic heterocycles. The first-order valence-electron chi connectivity index (χ1n) is 10.9. The SMILES string of the molecule is CC(O)[C@H]1C(=O)N2C(C(=O)O)=C(S[C@@H]3CCN(C(C)C4CCNCC4)C3)[C@H](C)[C@H]12. The Balaban J connectivity index is 1.45. The molecule has 4 heterocycles. The van der Waals surface area contributed by atoms with Crippen LogP contribution in [0.2, 0.25) is 0 Å². The number of β-lactam (4-membered cyclic amide) rings is 1. The van der Waals surface area contributed by atoms with Crippen molar-refractivity contribution in [1.82, 2.24) is 15.1 Å². The lowest BCUT2D eigenvalue weighted by atomic mass is 9.79. The summed E-state index contributed by atoms with van der Waals surface area (Å²) in [5, 5.41) is 23.6. The van der Waals surface area contributed by atoms with Gasteiger partial charge in [-0.05, 0) is 58.7 Å². The number of amides is 1. The first kappa shape index (κ1) is 21.2. The number of nitrogens with zero attached hydrogens (tertiary/aromatic N) is 2. The summed E-state index contributed by atoms with van der Waals surface area (Å²) in [6, 6.07) is 0.333. The number of likely N-dealkylation sites (tertiary alicyclic amines) is 1. The number of fused-ring (bicyclic) bond motifs is 1. The maximum absolute atomic E-state index is 12.5. The van der Waals surface area contributed by atoms with E-state index in [9.17, 15) is 19.8 Å². The maximum Gasteiger partial charge on any atom is 0.353 e. The molecule has 0 bridgehead atoms. The largest absolute Gasteiger partial charge is 0.477 e. The number of thioether (sulfide) groups is 1. The molecule has 4 aliphatic rings. The van der Waals surface area contributed by atoms with E-state index in [1.54, 1.807) is 18.7 Å². The van der Waals surface area contributed by atoms with E-state index in [0.29, 0.717) is 11.3 Å². The molecule has 1 amide bonds. The molecular formula is C21H33N3O4S. The third kappa shape index (κ3) is 3.62. The third-order valence-corrected chi connectivity index (χ3v) is 8.96. The highest BCUT2D eigenvalue weighted by Gasteiger charge is 2.60. The number of hydrogen-bond donors (Lipinski definition) is 3. The summed E-state index contributed by atoms with van der Waals surface area (Å²) in [5.41, 5.74) is 0.152. The molecule has 0 spiro atoms. The van der Waals surface area contributed by atoms with Crippen LogP contribution in [0.5, 0.6) is 0 Å². The second-order valence-corrected chi connectivity index (χ2v) is 10.5. The van der Waals surface area contributed by atoms with Gasteiger partial charge in [0.25, 0.3) is 0 Å². The van der Waals surface area contributed by atoms with Gasteiger partial charge in [0.15, 0.2) is 0 Å². The monoisotopic (exact) mass is 423 g/mol. The van der Waals surface area contributed by atoms with E-state index in [1.807, 2.05) is 6.92 Å². The summed E-state index contributed by atoms with van der Waals surface area (Å²) >= 11 is 1.66. The summed E-state index contributed by atoms with van der Waals surface area (Å²) in [5.74, 6) is -1.09. The Kier molecular flexibility index (Phi) is 5.99. The van der Waals surface area contributed by atoms with Gasteiger partial charge >= 0.3 is 5.97 Å². The zero-order valence-electron chi connectivity index (χ0n) is 17.5. The van der Waals surface area contributed by atoms with Gasteiger partial charge in [0, 0.05) is 28.7 Å². The number of carboxylic acid groups (broad SMARTS) is 1. The van der Waals surface area contributed by atoms with Crippen molar-refractivity contribution in [2.45, 2.75) is 63.5 Å². The van der Waals surface area contributed by atoms with Gasteiger partial charge in [0.05, 0.1) is 18.1 Å². The van der Waals surface area contributed by atoms with E-state index >= 15 is 0 Å². The van der Waals surface area contributed by atoms with E-state index in [-0.39, 0.29) is 23.6 Å². The molecule has 8 heteroatoms. The minimum absolute atomic E-state index is 0.0423. The van der Waals surface area contributed by atoms with Crippen LogP contribution in [0.4, 0.5) is 0 Å². The van der Waals surface area contributed by atoms with Crippen molar-refractivity contribution in [3.05, 3.63) is 10.6 Å². The van der Waals surface area contributed by atoms with Crippen molar-refractivity contribution in [3.63, 3.8) is 0 Å². The number of aliphatic hydroxyl groups excluding tert-OH is 1. The van der Waals surface area contributed by atoms with Crippen molar-refractivity contribution >= 4 is 23.6 Å². The highest BCUT2D eigenvalue weighted by atomic mass is 32.2. The molecule has 6 atom stereocenters. The highest BCUT2D eigenvalue weighted by Crippen LogP contribution is 2.52. The summed E-state index contributed by atoms with van der Waals surface area (Å²) in [7, 11) is 0. The Bertz CT molecular complexity index is 706. The van der Waals surface area contributed by atoms with Gasteiger partial charge in [-0.3, -0.25) is 9.69 Å². The summed E-state index contributed by atoms with van der Waals surface area (Å²) in [6.45, 7) is 10.2. The fraction of sp³-hybridized carbons (Fsp3) is 0.810. The normalized spacial score (nSPS) is 35.6. The van der Waals surface area contributed by atoms with Gasteiger partial charge in [-0.25, -0.2) is 4.79 Å². The third-order valence-electron chi connectivity index (χ3n) is 7.42. The second-order valence-electron chi connectivity index (χ2n) is 9.12. The minimum atomic E-state index is -1.03. The minimum Gasteiger partial charge on any atom is -0.477 e. The summed E-state index contributed by atoms with van der Waals surface area (Å²) in [4.78, 5) is 29.3. The van der Waals surface area contributed by atoms with Crippen LogP contribution in [0.1, 0.15) is 40.0 Å². The number of aliphatic carboxylic acids is 1. The predicted octanol–water partition coefficient (Wildman–Crippen LogP) is 1.34. The number of hydrogen-bond acceptors (Lipinski definition) is 6. The zero-order chi connectivity index (χ0) is 20.9. The Labute approximate surface area is 176 Å². The number of piperidine rings is 1. The van der Waals surface area contributed by atoms with Crippen molar-refractivity contribution in [2.75, 3.05) is 26.2 Å². The van der Waals surface area contributed by atoms with Crippen LogP contribution in [0.15, 0.2) is 10.6 Å². The van der Waals surface area contributed by atoms with E-state index < -0.39 is 18.0 Å². The predicted molar refractivity (Wildman–Crippen MR) is 112 cm³/mol. The van der Waals surface area contributed by atoms with E-state index in [2.05, 4.69) is 17.1 Å². The van der Waals surface area contributed by atoms with Gasteiger partial charge in [0.2, 0.25) is 5.91 Å². The first-order chi connectivity index (χ1) is 13.8. The van der Waals surface area contributed by atoms with Gasteiger partial charge in [-0.15, -0.1) is 11.8 Å². The van der Waals surface area contributed by atoms with Gasteiger partial charge < -0.3 is 20.4 Å². The number of carboxylic acids is 1. The fourth-order valence-corrected chi connectivity index (χ4v) is 7.20. The van der Waals surface area contributed by atoms with Gasteiger partial charge in [-0.1, -0.05) is 6.92 Å². The number of rotatable bonds is 6. The molecule has 3 saturated heterocycles. The molecule has 29 heavy (non-hydrogen) atoms. The molecular weight excluding hydrogens is 390 g/mol. The Morgan fingerprint density at radius 2 is 1.93 bits per heavy atom. The molecule has 7 nitrogen and oxygen atoms in total. The molecule has 4 rings (SSSR count). The molecule has 2 unspecified atom stereocenters. The first-order valence-corrected chi connectivity index (χ1v) is 11.8. The van der Waals surface area contributed by atoms with Crippen LogP contribution < -0.4 is 5.32 Å². The topological polar surface area (TPSA) is 93.1 Å². The second kappa shape index (κ2) is 8.21. The molecule has 0 radical (unpaired) electrons. The summed E-state index contributed by atoms with van der Waals surface area (Å²) < 4.78 is 0. The van der Waals surface area contributed by atoms with E-state index in [1.165, 1.54) is 17.7 Å². The molecule has 4 aliphatic heterocycles. The number of aliphatic hydroxyl groups is 1. The molecule has 3 N–H and O–H groups in total. The molecule has 162 valence electrons. The quantitative estimate of drug-likeness (QED) is 0.555. The van der Waals surface area contributed by atoms with Crippen molar-refractivity contribution in [3.8, 4) is 0 Å². The van der Waals surface area contributed by atoms with E-state index in [4.69, 9.17) is 0 Å². The molecule has 0 aromatic carbocycles. The van der Waals surface area contributed by atoms with Gasteiger partial charge in [0.1, 0.15) is 5.70 Å². The Hall–Kier alpha value is -1.09. The van der Waals surface area contributed by atoms with Crippen LogP contribution in [0.3, 0.4) is 0 Å². The maximum atomic E-state index is 12.5. The zero-order valence-corrected chi connectivity index (χ0v) is 18.3. The van der Waals surface area contributed by atoms with Crippen LogP contribution in [0.25, 0.3) is 0 Å². The van der Waals surface area contributed by atoms with Crippen LogP contribution in [0, 0.1) is 17.8 Å². The fourth-order valence-electron chi connectivity index (χ4n) is 5.70. The lowest BCUT2D eigenvalue weighted by Crippen LogP contribution is -2.63. The van der Waals surface area contributed by atoms with Crippen LogP contribution in [-0.2, 0) is 9.59 Å². The molecule has 0 aliphatic carbocycles. The average molecular weight is 424 g/mol. The molecule has 0 aromatic rings. The van der Waals surface area contributed by atoms with Crippen molar-refractivity contribution in [1.29, 1.82) is 0 Å². The standard InChI is InChI=1S/C21H33N3O4S/c1-11-17-16(13(3)25)20(26)24(17)18(21(27)28)19(11)29-15-6-9-23(10-15)12(2)14-4-7-22-8-5-14/h11-17,22,25H,4-10H2,1-3H3,(H,27,28)/t11-,12?,13?,15-,16-,17-/m1/s1. The number of carbonyl (C=O) groups excluding carboxylic acids is 1. The van der Waals surface area contributed by atoms with E-state index in [0.717, 1.165) is 43.4 Å². The lowest BCUT2D eigenvalue weighted by molar-refractivity contribution is -0.163. The number of nitrogens with one attached hydrogen (secondary N) is 1. The summed E-state index contributed by atoms with van der Waals surface area (Å²) in [6.07, 6.45) is 2.74. The van der Waals surface area contributed by atoms with Crippen LogP contribution >= 0.6 is 11.8 Å². The van der Waals surface area contributed by atoms with Gasteiger partial charge in [-0.2, -0.15) is 0 Å². The smallest absolute Gasteiger partial charge is 0.353 e. The Morgan fingerprint density at radius 3 is 2.55 bits per heavy atom. The Morgan fingerprint density at radius 1 is 1.24 bits per heavy atom. The van der Waals surface area contributed by atoms with Crippen molar-refractivity contribution in [2.24, 2.45) is 17.8 Å². The highest BCUT2D eigenvalue weighted by molar-refractivity contribution is 8.03.